The maximum Gasteiger partial charge on any atom is 0.119 e. The molecule has 5 nitrogen and oxygen atoms in total. The molecule has 1 aromatic carbocycles. The largest absolute Gasteiger partial charge is 0.494 e. The lowest BCUT2D eigenvalue weighted by molar-refractivity contribution is 0.275. The van der Waals surface area contributed by atoms with Crippen molar-refractivity contribution in [1.29, 1.82) is 0 Å². The zero-order valence-corrected chi connectivity index (χ0v) is 12.5. The highest BCUT2D eigenvalue weighted by atomic mass is 16.5. The molecule has 0 unspecified atom stereocenters. The molecule has 0 saturated carbocycles. The van der Waals surface area contributed by atoms with Gasteiger partial charge < -0.3 is 9.84 Å². The SMILES string of the molecule is C=C(C)Cn1nnc(CO)c1Cc1ccc(OCC)cc1. The minimum absolute atomic E-state index is 0.109. The van der Waals surface area contributed by atoms with Crippen LogP contribution in [-0.4, -0.2) is 26.7 Å². The summed E-state index contributed by atoms with van der Waals surface area (Å²) < 4.78 is 7.23. The molecule has 0 amide bonds. The van der Waals surface area contributed by atoms with Crippen molar-refractivity contribution in [3.63, 3.8) is 0 Å². The Morgan fingerprint density at radius 2 is 2.05 bits per heavy atom. The standard InChI is InChI=1S/C16H21N3O2/c1-4-21-14-7-5-13(6-8-14)9-16-15(11-20)17-18-19(16)10-12(2)3/h5-8,20H,2,4,9-11H2,1,3H3. The van der Waals surface area contributed by atoms with Gasteiger partial charge in [-0.3, -0.25) is 0 Å². The number of hydrogen-bond acceptors (Lipinski definition) is 4. The van der Waals surface area contributed by atoms with Gasteiger partial charge in [0.15, 0.2) is 0 Å². The summed E-state index contributed by atoms with van der Waals surface area (Å²) in [6, 6.07) is 7.93. The van der Waals surface area contributed by atoms with E-state index in [-0.39, 0.29) is 6.61 Å². The van der Waals surface area contributed by atoms with Crippen LogP contribution in [0.5, 0.6) is 5.75 Å². The normalized spacial score (nSPS) is 10.6. The van der Waals surface area contributed by atoms with Crippen molar-refractivity contribution >= 4 is 0 Å². The summed E-state index contributed by atoms with van der Waals surface area (Å²) in [5, 5.41) is 17.5. The number of aliphatic hydroxyl groups excluding tert-OH is 1. The van der Waals surface area contributed by atoms with Crippen LogP contribution in [0.15, 0.2) is 36.4 Å². The van der Waals surface area contributed by atoms with Gasteiger partial charge in [-0.25, -0.2) is 4.68 Å². The molecule has 2 aromatic rings. The van der Waals surface area contributed by atoms with Crippen LogP contribution < -0.4 is 4.74 Å². The number of ether oxygens (including phenoxy) is 1. The minimum Gasteiger partial charge on any atom is -0.494 e. The highest BCUT2D eigenvalue weighted by Gasteiger charge is 2.13. The first-order chi connectivity index (χ1) is 10.1. The van der Waals surface area contributed by atoms with E-state index >= 15 is 0 Å². The van der Waals surface area contributed by atoms with Crippen molar-refractivity contribution < 1.29 is 9.84 Å². The molecule has 0 atom stereocenters. The van der Waals surface area contributed by atoms with Gasteiger partial charge in [-0.2, -0.15) is 0 Å². The van der Waals surface area contributed by atoms with Crippen molar-refractivity contribution in [1.82, 2.24) is 15.0 Å². The Kier molecular flexibility index (Phi) is 5.11. The fourth-order valence-corrected chi connectivity index (χ4v) is 2.13. The van der Waals surface area contributed by atoms with Crippen molar-refractivity contribution in [2.75, 3.05) is 6.61 Å². The zero-order valence-electron chi connectivity index (χ0n) is 12.5. The zero-order chi connectivity index (χ0) is 15.2. The van der Waals surface area contributed by atoms with E-state index < -0.39 is 0 Å². The molecular formula is C16H21N3O2. The Morgan fingerprint density at radius 3 is 2.62 bits per heavy atom. The van der Waals surface area contributed by atoms with E-state index in [0.29, 0.717) is 25.3 Å². The van der Waals surface area contributed by atoms with Gasteiger partial charge in [-0.15, -0.1) is 5.10 Å². The predicted octanol–water partition coefficient (Wildman–Crippen LogP) is 2.34. The first kappa shape index (κ1) is 15.3. The van der Waals surface area contributed by atoms with Crippen LogP contribution in [0, 0.1) is 0 Å². The van der Waals surface area contributed by atoms with E-state index in [1.165, 1.54) is 0 Å². The summed E-state index contributed by atoms with van der Waals surface area (Å²) in [6.07, 6.45) is 0.669. The lowest BCUT2D eigenvalue weighted by Gasteiger charge is -2.08. The molecule has 0 fully saturated rings. The summed E-state index contributed by atoms with van der Waals surface area (Å²) in [6.45, 7) is 8.96. The molecule has 1 N–H and O–H groups in total. The summed E-state index contributed by atoms with van der Waals surface area (Å²) >= 11 is 0. The highest BCUT2D eigenvalue weighted by Crippen LogP contribution is 2.17. The van der Waals surface area contributed by atoms with E-state index in [9.17, 15) is 5.11 Å². The van der Waals surface area contributed by atoms with Crippen LogP contribution in [0.3, 0.4) is 0 Å². The first-order valence-corrected chi connectivity index (χ1v) is 7.02. The van der Waals surface area contributed by atoms with Crippen molar-refractivity contribution in [2.24, 2.45) is 0 Å². The van der Waals surface area contributed by atoms with Gasteiger partial charge in [0.2, 0.25) is 0 Å². The average molecular weight is 287 g/mol. The molecule has 5 heteroatoms. The number of allylic oxidation sites excluding steroid dienone is 1. The average Bonchev–Trinajstić information content (AvgIpc) is 2.83. The van der Waals surface area contributed by atoms with E-state index in [2.05, 4.69) is 16.9 Å². The lowest BCUT2D eigenvalue weighted by atomic mass is 10.1. The highest BCUT2D eigenvalue weighted by molar-refractivity contribution is 5.30. The number of hydrogen-bond donors (Lipinski definition) is 1. The summed E-state index contributed by atoms with van der Waals surface area (Å²) in [5.74, 6) is 0.859. The maximum absolute atomic E-state index is 9.40. The summed E-state index contributed by atoms with van der Waals surface area (Å²) in [7, 11) is 0. The second-order valence-electron chi connectivity index (χ2n) is 5.01. The minimum atomic E-state index is -0.109. The monoisotopic (exact) mass is 287 g/mol. The predicted molar refractivity (Wildman–Crippen MR) is 81.2 cm³/mol. The van der Waals surface area contributed by atoms with Crippen molar-refractivity contribution in [3.8, 4) is 5.75 Å². The Morgan fingerprint density at radius 1 is 1.33 bits per heavy atom. The van der Waals surface area contributed by atoms with Crippen LogP contribution in [0.25, 0.3) is 0 Å². The fraction of sp³-hybridized carbons (Fsp3) is 0.375. The molecule has 1 aromatic heterocycles. The molecule has 0 spiro atoms. The molecule has 21 heavy (non-hydrogen) atoms. The first-order valence-electron chi connectivity index (χ1n) is 7.02. The van der Waals surface area contributed by atoms with Crippen LogP contribution >= 0.6 is 0 Å². The number of rotatable bonds is 7. The van der Waals surface area contributed by atoms with Gasteiger partial charge >= 0.3 is 0 Å². The second-order valence-corrected chi connectivity index (χ2v) is 5.01. The molecule has 2 rings (SSSR count). The Hall–Kier alpha value is -2.14. The van der Waals surface area contributed by atoms with Gasteiger partial charge in [-0.1, -0.05) is 29.5 Å². The smallest absolute Gasteiger partial charge is 0.119 e. The lowest BCUT2D eigenvalue weighted by Crippen LogP contribution is -2.08. The molecule has 0 bridgehead atoms. The molecular weight excluding hydrogens is 266 g/mol. The topological polar surface area (TPSA) is 60.2 Å². The van der Waals surface area contributed by atoms with Gasteiger partial charge in [0, 0.05) is 6.42 Å². The number of nitrogens with zero attached hydrogens (tertiary/aromatic N) is 3. The van der Waals surface area contributed by atoms with E-state index in [1.54, 1.807) is 4.68 Å². The third kappa shape index (κ3) is 3.92. The fourth-order valence-electron chi connectivity index (χ4n) is 2.13. The molecule has 112 valence electrons. The molecule has 0 radical (unpaired) electrons. The number of benzene rings is 1. The number of aliphatic hydroxyl groups is 1. The van der Waals surface area contributed by atoms with Crippen LogP contribution in [0.4, 0.5) is 0 Å². The summed E-state index contributed by atoms with van der Waals surface area (Å²) in [5.41, 5.74) is 3.66. The van der Waals surface area contributed by atoms with Crippen molar-refractivity contribution in [2.45, 2.75) is 33.4 Å². The third-order valence-corrected chi connectivity index (χ3v) is 3.09. The maximum atomic E-state index is 9.40. The van der Waals surface area contributed by atoms with E-state index in [4.69, 9.17) is 4.74 Å². The molecule has 0 saturated heterocycles. The molecule has 0 aliphatic carbocycles. The van der Waals surface area contributed by atoms with E-state index in [0.717, 1.165) is 22.6 Å². The Bertz CT molecular complexity index is 602. The second kappa shape index (κ2) is 7.04. The number of aromatic nitrogens is 3. The van der Waals surface area contributed by atoms with Gasteiger partial charge in [-0.05, 0) is 31.5 Å². The molecule has 0 aliphatic heterocycles. The van der Waals surface area contributed by atoms with Gasteiger partial charge in [0.05, 0.1) is 25.5 Å². The quantitative estimate of drug-likeness (QED) is 0.794. The van der Waals surface area contributed by atoms with Crippen LogP contribution in [0.2, 0.25) is 0 Å². The molecule has 1 heterocycles. The van der Waals surface area contributed by atoms with Gasteiger partial charge in [0.25, 0.3) is 0 Å². The van der Waals surface area contributed by atoms with Crippen molar-refractivity contribution in [3.05, 3.63) is 53.4 Å². The van der Waals surface area contributed by atoms with Gasteiger partial charge in [0.1, 0.15) is 11.4 Å². The Balaban J connectivity index is 2.21. The Labute approximate surface area is 124 Å². The summed E-state index contributed by atoms with van der Waals surface area (Å²) in [4.78, 5) is 0. The third-order valence-electron chi connectivity index (χ3n) is 3.09. The van der Waals surface area contributed by atoms with E-state index in [1.807, 2.05) is 38.1 Å². The van der Waals surface area contributed by atoms with Crippen LogP contribution in [-0.2, 0) is 19.6 Å². The molecule has 0 aliphatic rings. The van der Waals surface area contributed by atoms with Crippen LogP contribution in [0.1, 0.15) is 30.8 Å².